The number of nitrogens with one attached hydrogen (secondary N) is 2. The Kier molecular flexibility index (Phi) is 6.39. The third-order valence-corrected chi connectivity index (χ3v) is 6.45. The molecule has 3 heterocycles. The van der Waals surface area contributed by atoms with E-state index in [-0.39, 0.29) is 23.6 Å². The number of benzene rings is 2. The first-order chi connectivity index (χ1) is 17.9. The van der Waals surface area contributed by atoms with Crippen LogP contribution in [0.15, 0.2) is 53.3 Å². The summed E-state index contributed by atoms with van der Waals surface area (Å²) in [4.78, 5) is 42.9. The van der Waals surface area contributed by atoms with Gasteiger partial charge in [-0.15, -0.1) is 0 Å². The highest BCUT2D eigenvalue weighted by atomic mass is 16.2. The van der Waals surface area contributed by atoms with Crippen LogP contribution in [0.25, 0.3) is 27.3 Å². The number of hydrazine groups is 1. The summed E-state index contributed by atoms with van der Waals surface area (Å²) in [6.07, 6.45) is 1.26. The minimum atomic E-state index is -0.590. The van der Waals surface area contributed by atoms with E-state index in [1.807, 2.05) is 49.6 Å². The Hall–Kier alpha value is -4.60. The average Bonchev–Trinajstić information content (AvgIpc) is 3.27. The molecule has 10 nitrogen and oxygen atoms in total. The molecule has 0 radical (unpaired) electrons. The molecule has 37 heavy (non-hydrogen) atoms. The number of amides is 2. The first-order valence-corrected chi connectivity index (χ1v) is 12.2. The maximum atomic E-state index is 12.9. The number of rotatable bonds is 6. The molecular formula is C27H27N7O3. The van der Waals surface area contributed by atoms with Gasteiger partial charge in [0.2, 0.25) is 5.91 Å². The molecular weight excluding hydrogens is 470 g/mol. The molecule has 0 saturated carbocycles. The standard InChI is InChI=1S/C27H27N7O3/c1-4-15-33-27(37)20-10-6-5-9-19(20)24(32-33)26(36)30-29-23(35)14-13-18-16(2)28-25-21-11-7-8-12-22(21)31-34(25)17(18)3/h5-12H,4,13-15H2,1-3H3,(H,29,35)(H,30,36). The number of hydrogen-bond donors (Lipinski definition) is 2. The van der Waals surface area contributed by atoms with Crippen molar-refractivity contribution in [3.63, 3.8) is 0 Å². The first-order valence-electron chi connectivity index (χ1n) is 12.2. The van der Waals surface area contributed by atoms with Crippen molar-refractivity contribution in [3.05, 3.63) is 81.5 Å². The van der Waals surface area contributed by atoms with Gasteiger partial charge in [-0.25, -0.2) is 14.2 Å². The fourth-order valence-electron chi connectivity index (χ4n) is 4.59. The van der Waals surface area contributed by atoms with Gasteiger partial charge in [0.1, 0.15) is 0 Å². The Morgan fingerprint density at radius 3 is 2.38 bits per heavy atom. The van der Waals surface area contributed by atoms with Crippen LogP contribution in [0.4, 0.5) is 0 Å². The molecule has 2 aromatic carbocycles. The van der Waals surface area contributed by atoms with Gasteiger partial charge in [-0.2, -0.15) is 10.2 Å². The summed E-state index contributed by atoms with van der Waals surface area (Å²) in [6.45, 7) is 6.20. The Balaban J connectivity index is 1.31. The summed E-state index contributed by atoms with van der Waals surface area (Å²) >= 11 is 0. The Bertz CT molecular complexity index is 1740. The van der Waals surface area contributed by atoms with Crippen molar-refractivity contribution < 1.29 is 9.59 Å². The number of nitrogens with zero attached hydrogens (tertiary/aromatic N) is 5. The van der Waals surface area contributed by atoms with Gasteiger partial charge < -0.3 is 0 Å². The normalized spacial score (nSPS) is 11.3. The lowest BCUT2D eigenvalue weighted by molar-refractivity contribution is -0.121. The minimum absolute atomic E-state index is 0.0797. The van der Waals surface area contributed by atoms with E-state index in [2.05, 4.69) is 21.0 Å². The zero-order chi connectivity index (χ0) is 26.1. The molecule has 0 fully saturated rings. The molecule has 5 rings (SSSR count). The van der Waals surface area contributed by atoms with E-state index < -0.39 is 5.91 Å². The van der Waals surface area contributed by atoms with Gasteiger partial charge in [-0.3, -0.25) is 25.2 Å². The van der Waals surface area contributed by atoms with Crippen molar-refractivity contribution in [3.8, 4) is 0 Å². The third kappa shape index (κ3) is 4.42. The average molecular weight is 498 g/mol. The second-order valence-corrected chi connectivity index (χ2v) is 8.94. The molecule has 2 N–H and O–H groups in total. The Labute approximate surface area is 212 Å². The molecule has 3 aromatic heterocycles. The summed E-state index contributed by atoms with van der Waals surface area (Å²) in [7, 11) is 0. The minimum Gasteiger partial charge on any atom is -0.273 e. The van der Waals surface area contributed by atoms with Crippen molar-refractivity contribution >= 4 is 39.1 Å². The van der Waals surface area contributed by atoms with Crippen LogP contribution in [-0.4, -0.2) is 36.2 Å². The van der Waals surface area contributed by atoms with Gasteiger partial charge in [0.15, 0.2) is 11.3 Å². The van der Waals surface area contributed by atoms with E-state index in [1.54, 1.807) is 24.3 Å². The van der Waals surface area contributed by atoms with Crippen molar-refractivity contribution in [2.24, 2.45) is 0 Å². The van der Waals surface area contributed by atoms with Crippen LogP contribution in [0, 0.1) is 13.8 Å². The van der Waals surface area contributed by atoms with Crippen molar-refractivity contribution in [1.29, 1.82) is 0 Å². The van der Waals surface area contributed by atoms with Crippen LogP contribution in [0.3, 0.4) is 0 Å². The van der Waals surface area contributed by atoms with Gasteiger partial charge in [0.25, 0.3) is 11.5 Å². The van der Waals surface area contributed by atoms with Gasteiger partial charge >= 0.3 is 0 Å². The van der Waals surface area contributed by atoms with Gasteiger partial charge in [0, 0.05) is 35.1 Å². The predicted octanol–water partition coefficient (Wildman–Crippen LogP) is 3.01. The Morgan fingerprint density at radius 2 is 1.62 bits per heavy atom. The fraction of sp³-hybridized carbons (Fsp3) is 0.259. The topological polar surface area (TPSA) is 123 Å². The monoisotopic (exact) mass is 497 g/mol. The molecule has 2 amide bonds. The number of aromatic nitrogens is 5. The molecule has 0 aliphatic heterocycles. The molecule has 10 heteroatoms. The lowest BCUT2D eigenvalue weighted by atomic mass is 10.1. The van der Waals surface area contributed by atoms with Gasteiger partial charge in [-0.1, -0.05) is 37.3 Å². The summed E-state index contributed by atoms with van der Waals surface area (Å²) in [6, 6.07) is 14.6. The number of carbonyl (C=O) groups excluding carboxylic acids is 2. The zero-order valence-corrected chi connectivity index (χ0v) is 20.9. The number of hydrogen-bond acceptors (Lipinski definition) is 6. The van der Waals surface area contributed by atoms with Crippen LogP contribution < -0.4 is 16.4 Å². The molecule has 0 unspecified atom stereocenters. The van der Waals surface area contributed by atoms with Crippen molar-refractivity contribution in [2.45, 2.75) is 46.6 Å². The lowest BCUT2D eigenvalue weighted by Crippen LogP contribution is -2.43. The van der Waals surface area contributed by atoms with Crippen LogP contribution in [-0.2, 0) is 17.8 Å². The Morgan fingerprint density at radius 1 is 0.919 bits per heavy atom. The van der Waals surface area contributed by atoms with E-state index in [9.17, 15) is 14.4 Å². The smallest absolute Gasteiger partial charge is 0.273 e. The van der Waals surface area contributed by atoms with Crippen LogP contribution in [0.1, 0.15) is 47.2 Å². The third-order valence-electron chi connectivity index (χ3n) is 6.45. The van der Waals surface area contributed by atoms with E-state index in [0.717, 1.165) is 33.5 Å². The number of fused-ring (bicyclic) bond motifs is 4. The summed E-state index contributed by atoms with van der Waals surface area (Å²) in [5.41, 5.74) is 9.08. The van der Waals surface area contributed by atoms with E-state index in [0.29, 0.717) is 30.2 Å². The second-order valence-electron chi connectivity index (χ2n) is 8.94. The zero-order valence-electron chi connectivity index (χ0n) is 20.9. The maximum Gasteiger partial charge on any atom is 0.290 e. The second kappa shape index (κ2) is 9.81. The molecule has 0 spiro atoms. The number of aryl methyl sites for hydroxylation is 3. The van der Waals surface area contributed by atoms with Crippen LogP contribution >= 0.6 is 0 Å². The number of carbonyl (C=O) groups is 2. The van der Waals surface area contributed by atoms with E-state index in [1.165, 1.54) is 4.68 Å². The summed E-state index contributed by atoms with van der Waals surface area (Å²) < 4.78 is 3.10. The highest BCUT2D eigenvalue weighted by molar-refractivity contribution is 6.05. The highest BCUT2D eigenvalue weighted by Crippen LogP contribution is 2.23. The van der Waals surface area contributed by atoms with Crippen molar-refractivity contribution in [2.75, 3.05) is 0 Å². The molecule has 0 atom stereocenters. The van der Waals surface area contributed by atoms with Crippen LogP contribution in [0.2, 0.25) is 0 Å². The predicted molar refractivity (Wildman–Crippen MR) is 140 cm³/mol. The van der Waals surface area contributed by atoms with E-state index >= 15 is 0 Å². The highest BCUT2D eigenvalue weighted by Gasteiger charge is 2.18. The maximum absolute atomic E-state index is 12.9. The first kappa shape index (κ1) is 24.1. The molecule has 0 saturated heterocycles. The lowest BCUT2D eigenvalue weighted by Gasteiger charge is -2.13. The van der Waals surface area contributed by atoms with Gasteiger partial charge in [0.05, 0.1) is 10.9 Å². The molecule has 188 valence electrons. The summed E-state index contributed by atoms with van der Waals surface area (Å²) in [5.74, 6) is -0.947. The molecule has 0 aliphatic carbocycles. The summed E-state index contributed by atoms with van der Waals surface area (Å²) in [5, 5.41) is 10.7. The molecule has 5 aromatic rings. The molecule has 0 bridgehead atoms. The van der Waals surface area contributed by atoms with Gasteiger partial charge in [-0.05, 0) is 50.5 Å². The van der Waals surface area contributed by atoms with E-state index in [4.69, 9.17) is 4.98 Å². The van der Waals surface area contributed by atoms with Crippen LogP contribution in [0.5, 0.6) is 0 Å². The molecule has 0 aliphatic rings. The van der Waals surface area contributed by atoms with Crippen molar-refractivity contribution in [1.82, 2.24) is 35.2 Å². The quantitative estimate of drug-likeness (QED) is 0.348. The largest absolute Gasteiger partial charge is 0.290 e. The SMILES string of the molecule is CCCn1nc(C(=O)NNC(=O)CCc2c(C)nc3c4ccccc4nn3c2C)c2ccccc2c1=O. The fourth-order valence-corrected chi connectivity index (χ4v) is 4.59.